The van der Waals surface area contributed by atoms with Crippen LogP contribution in [0.5, 0.6) is 0 Å². The number of unbranched alkanes of at least 4 members (excludes halogenated alkanes) is 31. The second-order valence-corrected chi connectivity index (χ2v) is 18.7. The Morgan fingerprint density at radius 2 is 0.905 bits per heavy atom. The molecule has 0 aliphatic carbocycles. The standard InChI is InChI=1S/C54H101NO8/c1-3-5-7-9-11-13-15-17-19-21-22-23-24-25-26-28-30-32-34-36-38-40-42-44-50(58)55-47(46-62-54-53(61)52(60)51(59)49(45-56)63-54)48(57)43-41-39-37-35-33-31-29-27-20-18-16-14-12-10-8-6-4-2/h17,19,33,35,41,43,47-49,51-54,56-57,59-61H,3-16,18,20-32,34,36-40,42,44-46H2,1-2H3,(H,55,58)/b19-17+,35-33+,43-41+/t47-,48+,49-,51-,52?,53?,54-/m0/s1. The van der Waals surface area contributed by atoms with Crippen LogP contribution >= 0.6 is 0 Å². The lowest BCUT2D eigenvalue weighted by Crippen LogP contribution is -2.60. The molecule has 9 heteroatoms. The molecule has 1 aliphatic rings. The van der Waals surface area contributed by atoms with Gasteiger partial charge in [-0.1, -0.05) is 217 Å². The van der Waals surface area contributed by atoms with Crippen molar-refractivity contribution in [2.24, 2.45) is 0 Å². The summed E-state index contributed by atoms with van der Waals surface area (Å²) in [4.78, 5) is 13.0. The maximum atomic E-state index is 13.0. The molecule has 0 aromatic rings. The highest BCUT2D eigenvalue weighted by molar-refractivity contribution is 5.76. The zero-order valence-electron chi connectivity index (χ0n) is 40.8. The minimum atomic E-state index is -1.57. The molecule has 1 fully saturated rings. The SMILES string of the molecule is CCCCCCCC/C=C/CCCCCCCCCCCCCCCC(=O)N[C@@H](CO[C@H]1O[C@@H](CO)[C@H](O)C(O)C1O)[C@H](O)/C=C/CC/C=C/CCCCCCCCCCCCC. The number of hydrogen-bond acceptors (Lipinski definition) is 8. The molecule has 0 radical (unpaired) electrons. The average molecular weight is 892 g/mol. The summed E-state index contributed by atoms with van der Waals surface area (Å²) in [6.45, 7) is 3.77. The summed E-state index contributed by atoms with van der Waals surface area (Å²) in [6, 6.07) is -0.820. The van der Waals surface area contributed by atoms with E-state index < -0.39 is 49.5 Å². The molecule has 1 heterocycles. The van der Waals surface area contributed by atoms with Gasteiger partial charge in [0.15, 0.2) is 6.29 Å². The molecule has 1 aliphatic heterocycles. The van der Waals surface area contributed by atoms with Gasteiger partial charge in [0.2, 0.25) is 5.91 Å². The Bertz CT molecular complexity index is 1080. The predicted molar refractivity (Wildman–Crippen MR) is 263 cm³/mol. The predicted octanol–water partition coefficient (Wildman–Crippen LogP) is 12.4. The van der Waals surface area contributed by atoms with E-state index in [4.69, 9.17) is 9.47 Å². The molecular formula is C54H101NO8. The molecule has 9 nitrogen and oxygen atoms in total. The van der Waals surface area contributed by atoms with Crippen molar-refractivity contribution in [1.82, 2.24) is 5.32 Å². The summed E-state index contributed by atoms with van der Waals surface area (Å²) < 4.78 is 11.2. The van der Waals surface area contributed by atoms with Crippen LogP contribution in [0.25, 0.3) is 0 Å². The van der Waals surface area contributed by atoms with Gasteiger partial charge < -0.3 is 40.3 Å². The molecule has 1 saturated heterocycles. The number of amides is 1. The fourth-order valence-corrected chi connectivity index (χ4v) is 8.40. The van der Waals surface area contributed by atoms with Crippen molar-refractivity contribution in [1.29, 1.82) is 0 Å². The zero-order valence-corrected chi connectivity index (χ0v) is 40.8. The monoisotopic (exact) mass is 892 g/mol. The van der Waals surface area contributed by atoms with E-state index >= 15 is 0 Å². The van der Waals surface area contributed by atoms with Crippen LogP contribution in [0.2, 0.25) is 0 Å². The zero-order chi connectivity index (χ0) is 45.9. The first-order valence-corrected chi connectivity index (χ1v) is 26.7. The minimum Gasteiger partial charge on any atom is -0.394 e. The van der Waals surface area contributed by atoms with E-state index in [2.05, 4.69) is 43.5 Å². The minimum absolute atomic E-state index is 0.185. The van der Waals surface area contributed by atoms with Crippen molar-refractivity contribution >= 4 is 5.91 Å². The van der Waals surface area contributed by atoms with E-state index in [0.29, 0.717) is 6.42 Å². The Labute approximate surface area is 387 Å². The Hall–Kier alpha value is -1.59. The first-order valence-electron chi connectivity index (χ1n) is 26.7. The van der Waals surface area contributed by atoms with Crippen LogP contribution in [0.4, 0.5) is 0 Å². The topological polar surface area (TPSA) is 149 Å². The van der Waals surface area contributed by atoms with Gasteiger partial charge in [0.25, 0.3) is 0 Å². The molecule has 1 amide bonds. The van der Waals surface area contributed by atoms with Gasteiger partial charge in [-0.2, -0.15) is 0 Å². The van der Waals surface area contributed by atoms with E-state index in [1.54, 1.807) is 6.08 Å². The summed E-state index contributed by atoms with van der Waals surface area (Å²) >= 11 is 0. The fourth-order valence-electron chi connectivity index (χ4n) is 8.40. The molecule has 0 aromatic heterocycles. The van der Waals surface area contributed by atoms with Gasteiger partial charge in [0.1, 0.15) is 24.4 Å². The van der Waals surface area contributed by atoms with Crippen LogP contribution in [0, 0.1) is 0 Å². The third-order valence-electron chi connectivity index (χ3n) is 12.7. The van der Waals surface area contributed by atoms with Crippen molar-refractivity contribution in [2.75, 3.05) is 13.2 Å². The van der Waals surface area contributed by atoms with Crippen LogP contribution in [0.3, 0.4) is 0 Å². The number of ether oxygens (including phenoxy) is 2. The number of carbonyl (C=O) groups is 1. The quantitative estimate of drug-likeness (QED) is 0.0261. The number of carbonyl (C=O) groups excluding carboxylic acids is 1. The summed E-state index contributed by atoms with van der Waals surface area (Å²) in [5.74, 6) is -0.185. The molecule has 0 spiro atoms. The van der Waals surface area contributed by atoms with Gasteiger partial charge in [-0.05, 0) is 57.8 Å². The molecule has 63 heavy (non-hydrogen) atoms. The van der Waals surface area contributed by atoms with Crippen LogP contribution in [-0.2, 0) is 14.3 Å². The van der Waals surface area contributed by atoms with Crippen molar-refractivity contribution < 1.29 is 39.8 Å². The second-order valence-electron chi connectivity index (χ2n) is 18.7. The largest absolute Gasteiger partial charge is 0.394 e. The molecule has 0 aromatic carbocycles. The van der Waals surface area contributed by atoms with Crippen molar-refractivity contribution in [3.63, 3.8) is 0 Å². The van der Waals surface area contributed by atoms with Crippen LogP contribution < -0.4 is 5.32 Å². The van der Waals surface area contributed by atoms with Crippen LogP contribution in [0.1, 0.15) is 245 Å². The first-order chi connectivity index (χ1) is 30.8. The maximum Gasteiger partial charge on any atom is 0.220 e. The summed E-state index contributed by atoms with van der Waals surface area (Å²) in [6.07, 6.45) is 49.1. The van der Waals surface area contributed by atoms with Crippen LogP contribution in [-0.4, -0.2) is 87.5 Å². The lowest BCUT2D eigenvalue weighted by Gasteiger charge is -2.40. The molecule has 7 atom stereocenters. The van der Waals surface area contributed by atoms with Crippen molar-refractivity contribution in [3.8, 4) is 0 Å². The third kappa shape index (κ3) is 34.4. The highest BCUT2D eigenvalue weighted by Gasteiger charge is 2.44. The molecule has 6 N–H and O–H groups in total. The number of allylic oxidation sites excluding steroid dienone is 5. The first kappa shape index (κ1) is 59.4. The Morgan fingerprint density at radius 1 is 0.524 bits per heavy atom. The van der Waals surface area contributed by atoms with Gasteiger partial charge in [-0.3, -0.25) is 4.79 Å². The molecule has 0 saturated carbocycles. The molecular weight excluding hydrogens is 791 g/mol. The van der Waals surface area contributed by atoms with Gasteiger partial charge in [-0.15, -0.1) is 0 Å². The molecule has 2 unspecified atom stereocenters. The van der Waals surface area contributed by atoms with Crippen LogP contribution in [0.15, 0.2) is 36.5 Å². The van der Waals surface area contributed by atoms with Gasteiger partial charge in [-0.25, -0.2) is 0 Å². The highest BCUT2D eigenvalue weighted by atomic mass is 16.7. The highest BCUT2D eigenvalue weighted by Crippen LogP contribution is 2.23. The number of rotatable bonds is 45. The summed E-state index contributed by atoms with van der Waals surface area (Å²) in [5, 5.41) is 54.4. The molecule has 1 rings (SSSR count). The third-order valence-corrected chi connectivity index (χ3v) is 12.7. The Morgan fingerprint density at radius 3 is 1.33 bits per heavy atom. The number of aliphatic hydroxyl groups is 5. The number of aliphatic hydroxyl groups excluding tert-OH is 5. The molecule has 370 valence electrons. The van der Waals surface area contributed by atoms with Gasteiger partial charge in [0.05, 0.1) is 25.4 Å². The van der Waals surface area contributed by atoms with E-state index in [9.17, 15) is 30.3 Å². The maximum absolute atomic E-state index is 13.0. The van der Waals surface area contributed by atoms with Crippen molar-refractivity contribution in [2.45, 2.75) is 288 Å². The van der Waals surface area contributed by atoms with E-state index in [1.807, 2.05) is 6.08 Å². The number of nitrogens with one attached hydrogen (secondary N) is 1. The van der Waals surface area contributed by atoms with E-state index in [-0.39, 0.29) is 12.5 Å². The summed E-state index contributed by atoms with van der Waals surface area (Å²) in [5.41, 5.74) is 0. The average Bonchev–Trinajstić information content (AvgIpc) is 3.28. The normalized spacial score (nSPS) is 20.4. The van der Waals surface area contributed by atoms with E-state index in [0.717, 1.165) is 38.5 Å². The van der Waals surface area contributed by atoms with E-state index in [1.165, 1.54) is 186 Å². The van der Waals surface area contributed by atoms with Crippen molar-refractivity contribution in [3.05, 3.63) is 36.5 Å². The fraction of sp³-hybridized carbons (Fsp3) is 0.870. The smallest absolute Gasteiger partial charge is 0.220 e. The summed E-state index contributed by atoms with van der Waals surface area (Å²) in [7, 11) is 0. The Balaban J connectivity index is 2.27. The lowest BCUT2D eigenvalue weighted by atomic mass is 9.99. The second kappa shape index (κ2) is 44.3. The number of hydrogen-bond donors (Lipinski definition) is 6. The van der Waals surface area contributed by atoms with Gasteiger partial charge in [0, 0.05) is 6.42 Å². The van der Waals surface area contributed by atoms with Gasteiger partial charge >= 0.3 is 0 Å². The molecule has 0 bridgehead atoms. The Kier molecular flexibility index (Phi) is 41.7. The lowest BCUT2D eigenvalue weighted by molar-refractivity contribution is -0.302.